The maximum atomic E-state index is 13.5. The number of ether oxygens (including phenoxy) is 1. The summed E-state index contributed by atoms with van der Waals surface area (Å²) in [5.74, 6) is 0.181. The Hall–Kier alpha value is -3.08. The molecule has 1 N–H and O–H groups in total. The number of likely N-dealkylation sites (N-methyl/N-ethyl adjacent to an activating group) is 1. The van der Waals surface area contributed by atoms with E-state index in [-0.39, 0.29) is 17.9 Å². The molecular formula is C26H30N2O3. The van der Waals surface area contributed by atoms with E-state index in [9.17, 15) is 9.59 Å². The monoisotopic (exact) mass is 418 g/mol. The Balaban J connectivity index is 1.62. The number of nitrogens with one attached hydrogen (secondary N) is 1. The summed E-state index contributed by atoms with van der Waals surface area (Å²) < 4.78 is 5.28. The van der Waals surface area contributed by atoms with Crippen LogP contribution in [0.4, 0.5) is 0 Å². The number of hydrogen-bond donors (Lipinski definition) is 1. The molecule has 0 radical (unpaired) electrons. The van der Waals surface area contributed by atoms with Gasteiger partial charge in [0.15, 0.2) is 0 Å². The van der Waals surface area contributed by atoms with Crippen LogP contribution in [0.15, 0.2) is 60.2 Å². The SMILES string of the molecule is COc1ccc([C@H]2[C@@H](C(=O)NCCC3=CCCCC3)c3ccccc3C(=O)N2C)cc1. The average molecular weight is 419 g/mol. The van der Waals surface area contributed by atoms with Crippen LogP contribution in [-0.2, 0) is 4.79 Å². The zero-order valence-electron chi connectivity index (χ0n) is 18.3. The van der Waals surface area contributed by atoms with Gasteiger partial charge in [-0.25, -0.2) is 0 Å². The maximum Gasteiger partial charge on any atom is 0.254 e. The summed E-state index contributed by atoms with van der Waals surface area (Å²) in [5.41, 5.74) is 3.75. The fourth-order valence-corrected chi connectivity index (χ4v) is 4.76. The molecule has 1 aliphatic carbocycles. The second-order valence-corrected chi connectivity index (χ2v) is 8.35. The molecule has 0 saturated carbocycles. The van der Waals surface area contributed by atoms with Crippen molar-refractivity contribution >= 4 is 11.8 Å². The Labute approximate surface area is 184 Å². The van der Waals surface area contributed by atoms with Crippen LogP contribution in [0, 0.1) is 0 Å². The molecule has 5 heteroatoms. The van der Waals surface area contributed by atoms with Crippen LogP contribution < -0.4 is 10.1 Å². The van der Waals surface area contributed by atoms with Gasteiger partial charge >= 0.3 is 0 Å². The average Bonchev–Trinajstić information content (AvgIpc) is 2.82. The molecule has 2 aromatic carbocycles. The van der Waals surface area contributed by atoms with Crippen molar-refractivity contribution in [3.63, 3.8) is 0 Å². The zero-order valence-corrected chi connectivity index (χ0v) is 18.3. The summed E-state index contributed by atoms with van der Waals surface area (Å²) in [7, 11) is 3.40. The molecule has 4 rings (SSSR count). The number of nitrogens with zero attached hydrogens (tertiary/aromatic N) is 1. The molecule has 1 heterocycles. The predicted octanol–water partition coefficient (Wildman–Crippen LogP) is 4.61. The lowest BCUT2D eigenvalue weighted by Gasteiger charge is -2.39. The highest BCUT2D eigenvalue weighted by Gasteiger charge is 2.42. The van der Waals surface area contributed by atoms with Crippen molar-refractivity contribution in [2.24, 2.45) is 0 Å². The molecule has 2 aliphatic rings. The summed E-state index contributed by atoms with van der Waals surface area (Å²) in [6.07, 6.45) is 7.99. The van der Waals surface area contributed by atoms with Crippen molar-refractivity contribution in [2.45, 2.75) is 44.1 Å². The molecule has 2 aromatic rings. The molecule has 0 saturated heterocycles. The molecule has 2 atom stereocenters. The van der Waals surface area contributed by atoms with Gasteiger partial charge in [-0.05, 0) is 61.4 Å². The summed E-state index contributed by atoms with van der Waals surface area (Å²) in [5, 5.41) is 3.16. The molecule has 0 fully saturated rings. The standard InChI is InChI=1S/C26H30N2O3/c1-28-24(19-12-14-20(31-2)15-13-19)23(21-10-6-7-11-22(21)26(28)30)25(29)27-17-16-18-8-4-3-5-9-18/h6-8,10-15,23-24H,3-5,9,16-17H2,1-2H3,(H,27,29)/t23-,24-/m0/s1. The first-order valence-electron chi connectivity index (χ1n) is 11.1. The number of benzene rings is 2. The number of allylic oxidation sites excluding steroid dienone is 1. The largest absolute Gasteiger partial charge is 0.497 e. The topological polar surface area (TPSA) is 58.6 Å². The first kappa shape index (κ1) is 21.2. The lowest BCUT2D eigenvalue weighted by Crippen LogP contribution is -2.45. The van der Waals surface area contributed by atoms with Crippen molar-refractivity contribution in [1.29, 1.82) is 0 Å². The third-order valence-corrected chi connectivity index (χ3v) is 6.45. The molecular weight excluding hydrogens is 388 g/mol. The summed E-state index contributed by atoms with van der Waals surface area (Å²) in [4.78, 5) is 28.2. The van der Waals surface area contributed by atoms with E-state index in [2.05, 4.69) is 11.4 Å². The van der Waals surface area contributed by atoms with Gasteiger partial charge < -0.3 is 15.0 Å². The normalized spacial score (nSPS) is 20.6. The van der Waals surface area contributed by atoms with Crippen LogP contribution in [0.3, 0.4) is 0 Å². The minimum atomic E-state index is -0.465. The van der Waals surface area contributed by atoms with Gasteiger partial charge in [0, 0.05) is 19.2 Å². The summed E-state index contributed by atoms with van der Waals surface area (Å²) >= 11 is 0. The molecule has 0 unspecified atom stereocenters. The van der Waals surface area contributed by atoms with Crippen LogP contribution in [0.5, 0.6) is 5.75 Å². The van der Waals surface area contributed by atoms with Gasteiger partial charge in [0.1, 0.15) is 5.75 Å². The third-order valence-electron chi connectivity index (χ3n) is 6.45. The van der Waals surface area contributed by atoms with Gasteiger partial charge in [-0.1, -0.05) is 42.0 Å². The highest BCUT2D eigenvalue weighted by atomic mass is 16.5. The van der Waals surface area contributed by atoms with Crippen LogP contribution in [-0.4, -0.2) is 37.4 Å². The number of methoxy groups -OCH3 is 1. The van der Waals surface area contributed by atoms with E-state index in [0.717, 1.165) is 36.1 Å². The van der Waals surface area contributed by atoms with Crippen LogP contribution in [0.2, 0.25) is 0 Å². The van der Waals surface area contributed by atoms with E-state index < -0.39 is 5.92 Å². The van der Waals surface area contributed by atoms with Crippen LogP contribution in [0.25, 0.3) is 0 Å². The van der Waals surface area contributed by atoms with Crippen molar-refractivity contribution in [3.05, 3.63) is 76.9 Å². The molecule has 2 amide bonds. The van der Waals surface area contributed by atoms with E-state index in [0.29, 0.717) is 12.1 Å². The van der Waals surface area contributed by atoms with E-state index in [4.69, 9.17) is 4.74 Å². The van der Waals surface area contributed by atoms with E-state index in [1.165, 1.54) is 18.4 Å². The van der Waals surface area contributed by atoms with Crippen molar-refractivity contribution in [1.82, 2.24) is 10.2 Å². The Kier molecular flexibility index (Phi) is 6.40. The fraction of sp³-hybridized carbons (Fsp3) is 0.385. The van der Waals surface area contributed by atoms with E-state index in [1.807, 2.05) is 48.5 Å². The molecule has 31 heavy (non-hydrogen) atoms. The number of carbonyl (C=O) groups excluding carboxylic acids is 2. The summed E-state index contributed by atoms with van der Waals surface area (Å²) in [6, 6.07) is 14.7. The van der Waals surface area contributed by atoms with Crippen LogP contribution in [0.1, 0.15) is 65.5 Å². The Morgan fingerprint density at radius 1 is 1.13 bits per heavy atom. The van der Waals surface area contributed by atoms with Crippen LogP contribution >= 0.6 is 0 Å². The van der Waals surface area contributed by atoms with Gasteiger partial charge in [0.25, 0.3) is 5.91 Å². The van der Waals surface area contributed by atoms with Gasteiger partial charge in [0.05, 0.1) is 19.1 Å². The number of carbonyl (C=O) groups is 2. The first-order chi connectivity index (χ1) is 15.1. The molecule has 162 valence electrons. The molecule has 0 aromatic heterocycles. The third kappa shape index (κ3) is 4.36. The Morgan fingerprint density at radius 3 is 2.61 bits per heavy atom. The lowest BCUT2D eigenvalue weighted by molar-refractivity contribution is -0.124. The summed E-state index contributed by atoms with van der Waals surface area (Å²) in [6.45, 7) is 0.621. The number of rotatable bonds is 6. The minimum absolute atomic E-state index is 0.0379. The Bertz CT molecular complexity index is 980. The highest BCUT2D eigenvalue weighted by Crippen LogP contribution is 2.42. The maximum absolute atomic E-state index is 13.5. The van der Waals surface area contributed by atoms with E-state index in [1.54, 1.807) is 19.1 Å². The van der Waals surface area contributed by atoms with Gasteiger partial charge in [-0.3, -0.25) is 9.59 Å². The van der Waals surface area contributed by atoms with Gasteiger partial charge in [0.2, 0.25) is 5.91 Å². The highest BCUT2D eigenvalue weighted by molar-refractivity contribution is 6.01. The second kappa shape index (κ2) is 9.38. The Morgan fingerprint density at radius 2 is 1.90 bits per heavy atom. The molecule has 1 aliphatic heterocycles. The van der Waals surface area contributed by atoms with E-state index >= 15 is 0 Å². The van der Waals surface area contributed by atoms with Crippen molar-refractivity contribution < 1.29 is 14.3 Å². The molecule has 0 spiro atoms. The second-order valence-electron chi connectivity index (χ2n) is 8.35. The van der Waals surface area contributed by atoms with Crippen molar-refractivity contribution in [3.8, 4) is 5.75 Å². The molecule has 0 bridgehead atoms. The number of hydrogen-bond acceptors (Lipinski definition) is 3. The van der Waals surface area contributed by atoms with Gasteiger partial charge in [-0.15, -0.1) is 0 Å². The fourth-order valence-electron chi connectivity index (χ4n) is 4.76. The van der Waals surface area contributed by atoms with Crippen molar-refractivity contribution in [2.75, 3.05) is 20.7 Å². The first-order valence-corrected chi connectivity index (χ1v) is 11.1. The number of amides is 2. The van der Waals surface area contributed by atoms with Gasteiger partial charge in [-0.2, -0.15) is 0 Å². The quantitative estimate of drug-likeness (QED) is 0.697. The molecule has 5 nitrogen and oxygen atoms in total. The zero-order chi connectivity index (χ0) is 21.8. The smallest absolute Gasteiger partial charge is 0.254 e. The predicted molar refractivity (Wildman–Crippen MR) is 121 cm³/mol. The minimum Gasteiger partial charge on any atom is -0.497 e. The number of fused-ring (bicyclic) bond motifs is 1. The lowest BCUT2D eigenvalue weighted by atomic mass is 9.79.